The van der Waals surface area contributed by atoms with E-state index < -0.39 is 0 Å². The molecular formula is C24H30N2O3S. The molecule has 0 atom stereocenters. The quantitative estimate of drug-likeness (QED) is 0.583. The van der Waals surface area contributed by atoms with Crippen LogP contribution in [0.1, 0.15) is 73.4 Å². The molecule has 5 nitrogen and oxygen atoms in total. The van der Waals surface area contributed by atoms with Crippen LogP contribution in [0.15, 0.2) is 23.6 Å². The molecule has 0 radical (unpaired) electrons. The van der Waals surface area contributed by atoms with E-state index in [4.69, 9.17) is 4.74 Å². The number of anilines is 1. The summed E-state index contributed by atoms with van der Waals surface area (Å²) in [6.45, 7) is 2.09. The standard InChI is InChI=1S/C24H30N2O3S/c1-2-29-23(27)21-20(18-13-12-16-8-6-7-9-17(16)14-18)15-30-22(21)26-24(28)25-19-10-4-3-5-11-19/h12-15,19H,2-11H2,1H3,(H2,25,26,28). The average molecular weight is 427 g/mol. The Kier molecular flexibility index (Phi) is 6.72. The first kappa shape index (κ1) is 20.9. The number of aryl methyl sites for hydroxylation is 2. The van der Waals surface area contributed by atoms with Crippen molar-refractivity contribution in [3.63, 3.8) is 0 Å². The highest BCUT2D eigenvalue weighted by molar-refractivity contribution is 7.15. The minimum atomic E-state index is -0.389. The molecule has 1 fully saturated rings. The van der Waals surface area contributed by atoms with Crippen LogP contribution in [0.3, 0.4) is 0 Å². The summed E-state index contributed by atoms with van der Waals surface area (Å²) in [4.78, 5) is 25.4. The summed E-state index contributed by atoms with van der Waals surface area (Å²) >= 11 is 1.38. The molecule has 2 aromatic rings. The number of nitrogens with one attached hydrogen (secondary N) is 2. The number of amides is 2. The number of benzene rings is 1. The molecular weight excluding hydrogens is 396 g/mol. The number of hydrogen-bond donors (Lipinski definition) is 2. The van der Waals surface area contributed by atoms with Crippen molar-refractivity contribution in [3.8, 4) is 11.1 Å². The molecule has 4 rings (SSSR count). The maximum Gasteiger partial charge on any atom is 0.341 e. The number of esters is 1. The van der Waals surface area contributed by atoms with Crippen LogP contribution in [0.4, 0.5) is 9.80 Å². The zero-order valence-electron chi connectivity index (χ0n) is 17.6. The van der Waals surface area contributed by atoms with Crippen LogP contribution in [-0.2, 0) is 17.6 Å². The van der Waals surface area contributed by atoms with Crippen molar-refractivity contribution in [2.24, 2.45) is 0 Å². The molecule has 160 valence electrons. The number of urea groups is 1. The molecule has 0 spiro atoms. The fraction of sp³-hybridized carbons (Fsp3) is 0.500. The van der Waals surface area contributed by atoms with Crippen molar-refractivity contribution < 1.29 is 14.3 Å². The van der Waals surface area contributed by atoms with Gasteiger partial charge in [0.1, 0.15) is 10.6 Å². The Balaban J connectivity index is 1.59. The first-order chi connectivity index (χ1) is 14.7. The molecule has 0 bridgehead atoms. The molecule has 2 amide bonds. The van der Waals surface area contributed by atoms with Crippen LogP contribution in [0.5, 0.6) is 0 Å². The third-order valence-corrected chi connectivity index (χ3v) is 6.99. The maximum absolute atomic E-state index is 12.8. The number of carbonyl (C=O) groups is 2. The number of hydrogen-bond acceptors (Lipinski definition) is 4. The number of fused-ring (bicyclic) bond motifs is 1. The Morgan fingerprint density at radius 1 is 1.07 bits per heavy atom. The van der Waals surface area contributed by atoms with Gasteiger partial charge in [0.15, 0.2) is 0 Å². The van der Waals surface area contributed by atoms with Crippen LogP contribution in [-0.4, -0.2) is 24.6 Å². The Morgan fingerprint density at radius 2 is 1.83 bits per heavy atom. The van der Waals surface area contributed by atoms with Gasteiger partial charge >= 0.3 is 12.0 Å². The van der Waals surface area contributed by atoms with Crippen molar-refractivity contribution in [2.75, 3.05) is 11.9 Å². The van der Waals surface area contributed by atoms with E-state index in [-0.39, 0.29) is 18.0 Å². The minimum absolute atomic E-state index is 0.213. The zero-order valence-corrected chi connectivity index (χ0v) is 18.4. The summed E-state index contributed by atoms with van der Waals surface area (Å²) < 4.78 is 5.33. The van der Waals surface area contributed by atoms with Crippen LogP contribution < -0.4 is 10.6 Å². The van der Waals surface area contributed by atoms with E-state index in [1.165, 1.54) is 41.7 Å². The van der Waals surface area contributed by atoms with E-state index in [1.807, 2.05) is 5.38 Å². The number of thiophene rings is 1. The predicted octanol–water partition coefficient (Wildman–Crippen LogP) is 5.92. The number of ether oxygens (including phenoxy) is 1. The van der Waals surface area contributed by atoms with Crippen molar-refractivity contribution in [1.29, 1.82) is 0 Å². The average Bonchev–Trinajstić information content (AvgIpc) is 3.17. The molecule has 0 aliphatic heterocycles. The molecule has 2 N–H and O–H groups in total. The van der Waals surface area contributed by atoms with Gasteiger partial charge in [0, 0.05) is 17.0 Å². The second-order valence-corrected chi connectivity index (χ2v) is 9.08. The van der Waals surface area contributed by atoms with Gasteiger partial charge in [-0.25, -0.2) is 9.59 Å². The molecule has 6 heteroatoms. The van der Waals surface area contributed by atoms with Gasteiger partial charge < -0.3 is 10.1 Å². The zero-order chi connectivity index (χ0) is 20.9. The molecule has 1 saturated carbocycles. The molecule has 1 aromatic heterocycles. The first-order valence-electron chi connectivity index (χ1n) is 11.1. The lowest BCUT2D eigenvalue weighted by Crippen LogP contribution is -2.39. The summed E-state index contributed by atoms with van der Waals surface area (Å²) in [5.41, 5.74) is 5.07. The molecule has 2 aliphatic carbocycles. The monoisotopic (exact) mass is 426 g/mol. The normalized spacial score (nSPS) is 16.6. The molecule has 30 heavy (non-hydrogen) atoms. The van der Waals surface area contributed by atoms with Crippen molar-refractivity contribution in [1.82, 2.24) is 5.32 Å². The third kappa shape index (κ3) is 4.69. The lowest BCUT2D eigenvalue weighted by atomic mass is 9.89. The molecule has 0 unspecified atom stereocenters. The van der Waals surface area contributed by atoms with Gasteiger partial charge in [-0.2, -0.15) is 0 Å². The first-order valence-corrected chi connectivity index (χ1v) is 12.0. The van der Waals surface area contributed by atoms with Gasteiger partial charge in [0.05, 0.1) is 6.61 Å². The van der Waals surface area contributed by atoms with Crippen molar-refractivity contribution >= 4 is 28.3 Å². The minimum Gasteiger partial charge on any atom is -0.462 e. The Bertz CT molecular complexity index is 915. The lowest BCUT2D eigenvalue weighted by molar-refractivity contribution is 0.0529. The second-order valence-electron chi connectivity index (χ2n) is 8.20. The van der Waals surface area contributed by atoms with E-state index in [0.29, 0.717) is 17.2 Å². The van der Waals surface area contributed by atoms with E-state index in [1.54, 1.807) is 6.92 Å². The Hall–Kier alpha value is -2.34. The number of carbonyl (C=O) groups excluding carboxylic acids is 2. The molecule has 2 aliphatic rings. The van der Waals surface area contributed by atoms with Gasteiger partial charge in [0.25, 0.3) is 0 Å². The number of rotatable bonds is 5. The van der Waals surface area contributed by atoms with Gasteiger partial charge in [0.2, 0.25) is 0 Å². The van der Waals surface area contributed by atoms with E-state index in [2.05, 4.69) is 28.8 Å². The second kappa shape index (κ2) is 9.65. The maximum atomic E-state index is 12.8. The van der Waals surface area contributed by atoms with Crippen LogP contribution >= 0.6 is 11.3 Å². The molecule has 1 heterocycles. The topological polar surface area (TPSA) is 67.4 Å². The van der Waals surface area contributed by atoms with Gasteiger partial charge in [-0.05, 0) is 62.1 Å². The summed E-state index contributed by atoms with van der Waals surface area (Å²) in [5.74, 6) is -0.389. The Morgan fingerprint density at radius 3 is 2.60 bits per heavy atom. The smallest absolute Gasteiger partial charge is 0.341 e. The highest BCUT2D eigenvalue weighted by Crippen LogP contribution is 2.38. The van der Waals surface area contributed by atoms with Crippen molar-refractivity contribution in [3.05, 3.63) is 40.3 Å². The lowest BCUT2D eigenvalue weighted by Gasteiger charge is -2.22. The highest BCUT2D eigenvalue weighted by Gasteiger charge is 2.24. The SMILES string of the molecule is CCOC(=O)c1c(-c2ccc3c(c2)CCCC3)csc1NC(=O)NC1CCCCC1. The van der Waals surface area contributed by atoms with Crippen LogP contribution in [0.25, 0.3) is 11.1 Å². The van der Waals surface area contributed by atoms with Gasteiger partial charge in [-0.1, -0.05) is 37.5 Å². The summed E-state index contributed by atoms with van der Waals surface area (Å²) in [5, 5.41) is 8.48. The predicted molar refractivity (Wildman–Crippen MR) is 121 cm³/mol. The van der Waals surface area contributed by atoms with Crippen LogP contribution in [0.2, 0.25) is 0 Å². The summed E-state index contributed by atoms with van der Waals surface area (Å²) in [6, 6.07) is 6.43. The van der Waals surface area contributed by atoms with Crippen LogP contribution in [0, 0.1) is 0 Å². The van der Waals surface area contributed by atoms with Gasteiger partial charge in [-0.15, -0.1) is 11.3 Å². The highest BCUT2D eigenvalue weighted by atomic mass is 32.1. The fourth-order valence-corrected chi connectivity index (χ4v) is 5.49. The molecule has 0 saturated heterocycles. The van der Waals surface area contributed by atoms with E-state index in [9.17, 15) is 9.59 Å². The third-order valence-electron chi connectivity index (χ3n) is 6.10. The summed E-state index contributed by atoms with van der Waals surface area (Å²) in [6.07, 6.45) is 10.2. The largest absolute Gasteiger partial charge is 0.462 e. The van der Waals surface area contributed by atoms with Gasteiger partial charge in [-0.3, -0.25) is 5.32 Å². The van der Waals surface area contributed by atoms with Crippen molar-refractivity contribution in [2.45, 2.75) is 70.8 Å². The fourth-order valence-electron chi connectivity index (χ4n) is 4.54. The van der Waals surface area contributed by atoms with E-state index >= 15 is 0 Å². The van der Waals surface area contributed by atoms with E-state index in [0.717, 1.165) is 49.7 Å². The summed E-state index contributed by atoms with van der Waals surface area (Å²) in [7, 11) is 0. The molecule has 1 aromatic carbocycles. The Labute approximate surface area is 182 Å².